The van der Waals surface area contributed by atoms with Crippen molar-refractivity contribution >= 4 is 28.2 Å². The van der Waals surface area contributed by atoms with E-state index in [1.165, 1.54) is 11.3 Å². The van der Waals surface area contributed by atoms with Gasteiger partial charge in [0.15, 0.2) is 0 Å². The monoisotopic (exact) mass is 383 g/mol. The Hall–Kier alpha value is -2.94. The minimum atomic E-state index is -0.139. The molecule has 0 bridgehead atoms. The lowest BCUT2D eigenvalue weighted by molar-refractivity contribution is -0.115. The van der Waals surface area contributed by atoms with Gasteiger partial charge in [0.1, 0.15) is 10.8 Å². The molecule has 2 N–H and O–H groups in total. The van der Waals surface area contributed by atoms with Crippen LogP contribution in [0.3, 0.4) is 0 Å². The number of carbonyl (C=O) groups excluding carboxylic acids is 1. The van der Waals surface area contributed by atoms with E-state index in [0.717, 1.165) is 47.9 Å². The lowest BCUT2D eigenvalue weighted by atomic mass is 10.1. The Morgan fingerprint density at radius 1 is 1.00 bits per heavy atom. The van der Waals surface area contributed by atoms with Gasteiger partial charge in [-0.3, -0.25) is 9.78 Å². The number of carbonyl (C=O) groups is 1. The molecule has 0 atom stereocenters. The van der Waals surface area contributed by atoms with Gasteiger partial charge < -0.3 is 10.6 Å². The number of nitrogens with one attached hydrogen (secondary N) is 2. The summed E-state index contributed by atoms with van der Waals surface area (Å²) in [5.74, 6) is 0.630. The maximum Gasteiger partial charge on any atom is 0.232 e. The predicted molar refractivity (Wildman–Crippen MR) is 105 cm³/mol. The van der Waals surface area contributed by atoms with Crippen molar-refractivity contribution in [3.63, 3.8) is 0 Å². The van der Waals surface area contributed by atoms with Gasteiger partial charge in [-0.05, 0) is 43.5 Å². The third kappa shape index (κ3) is 6.07. The fourth-order valence-electron chi connectivity index (χ4n) is 2.44. The molecule has 0 unspecified atom stereocenters. The summed E-state index contributed by atoms with van der Waals surface area (Å²) in [6.45, 7) is 0. The van der Waals surface area contributed by atoms with Crippen LogP contribution >= 0.6 is 11.3 Å². The van der Waals surface area contributed by atoms with E-state index in [9.17, 15) is 4.79 Å². The molecule has 9 heteroatoms. The predicted octanol–water partition coefficient (Wildman–Crippen LogP) is 2.51. The first-order chi connectivity index (χ1) is 13.2. The number of pyridine rings is 1. The number of hydrogen-bond donors (Lipinski definition) is 2. The van der Waals surface area contributed by atoms with Crippen molar-refractivity contribution in [1.29, 1.82) is 0 Å². The van der Waals surface area contributed by atoms with Gasteiger partial charge in [-0.1, -0.05) is 17.4 Å². The van der Waals surface area contributed by atoms with E-state index in [2.05, 4.69) is 36.0 Å². The van der Waals surface area contributed by atoms with Crippen molar-refractivity contribution in [2.45, 2.75) is 32.1 Å². The minimum absolute atomic E-state index is 0.139. The maximum atomic E-state index is 12.0. The summed E-state index contributed by atoms with van der Waals surface area (Å²) in [7, 11) is 1.82. The molecule has 0 saturated carbocycles. The average molecular weight is 383 g/mol. The average Bonchev–Trinajstić information content (AvgIpc) is 3.13. The number of rotatable bonds is 9. The molecular weight excluding hydrogens is 362 g/mol. The molecule has 0 spiro atoms. The van der Waals surface area contributed by atoms with Crippen LogP contribution in [0.1, 0.15) is 29.2 Å². The van der Waals surface area contributed by atoms with Crippen LogP contribution in [0.5, 0.6) is 0 Å². The van der Waals surface area contributed by atoms with Crippen molar-refractivity contribution in [2.24, 2.45) is 0 Å². The topological polar surface area (TPSA) is 106 Å². The lowest BCUT2D eigenvalue weighted by Gasteiger charge is -2.01. The van der Waals surface area contributed by atoms with Crippen molar-refractivity contribution in [1.82, 2.24) is 25.4 Å². The number of anilines is 2. The molecule has 0 aliphatic rings. The fourth-order valence-corrected chi connectivity index (χ4v) is 3.24. The van der Waals surface area contributed by atoms with Crippen LogP contribution < -0.4 is 10.6 Å². The summed E-state index contributed by atoms with van der Waals surface area (Å²) in [5.41, 5.74) is 1.71. The number of amides is 1. The summed E-state index contributed by atoms with van der Waals surface area (Å²) in [4.78, 5) is 16.2. The van der Waals surface area contributed by atoms with Gasteiger partial charge in [0, 0.05) is 25.4 Å². The summed E-state index contributed by atoms with van der Waals surface area (Å²) in [6, 6.07) is 9.41. The van der Waals surface area contributed by atoms with Crippen LogP contribution in [-0.4, -0.2) is 38.3 Å². The van der Waals surface area contributed by atoms with E-state index in [1.807, 2.05) is 37.4 Å². The first-order valence-electron chi connectivity index (χ1n) is 8.75. The van der Waals surface area contributed by atoms with Gasteiger partial charge in [0.05, 0.1) is 12.1 Å². The largest absolute Gasteiger partial charge is 0.372 e. The molecule has 0 fully saturated rings. The second kappa shape index (κ2) is 9.67. The highest BCUT2D eigenvalue weighted by Gasteiger charge is 2.09. The molecule has 0 radical (unpaired) electrons. The summed E-state index contributed by atoms with van der Waals surface area (Å²) >= 11 is 1.41. The number of aromatic nitrogens is 5. The molecule has 0 aromatic carbocycles. The molecule has 3 rings (SSSR count). The molecule has 1 amide bonds. The van der Waals surface area contributed by atoms with Crippen LogP contribution in [0.4, 0.5) is 10.9 Å². The molecule has 0 saturated heterocycles. The van der Waals surface area contributed by atoms with Gasteiger partial charge >= 0.3 is 0 Å². The van der Waals surface area contributed by atoms with E-state index >= 15 is 0 Å². The minimum Gasteiger partial charge on any atom is -0.372 e. The third-order valence-corrected chi connectivity index (χ3v) is 4.73. The summed E-state index contributed by atoms with van der Waals surface area (Å²) in [6.07, 6.45) is 5.58. The lowest BCUT2D eigenvalue weighted by Crippen LogP contribution is -2.14. The van der Waals surface area contributed by atoms with Crippen LogP contribution in [0.25, 0.3) is 0 Å². The van der Waals surface area contributed by atoms with Crippen molar-refractivity contribution in [3.05, 3.63) is 52.9 Å². The highest BCUT2D eigenvalue weighted by molar-refractivity contribution is 7.15. The molecule has 3 aromatic heterocycles. The van der Waals surface area contributed by atoms with Crippen LogP contribution in [0.2, 0.25) is 0 Å². The number of aryl methyl sites for hydroxylation is 2. The highest BCUT2D eigenvalue weighted by atomic mass is 32.1. The molecule has 0 aliphatic carbocycles. The summed E-state index contributed by atoms with van der Waals surface area (Å²) in [5, 5.41) is 23.6. The standard InChI is InChI=1S/C18H21N7OS/c1-19-15-10-9-13(22-23-15)6-2-3-8-17-24-25-18(27-17)21-16(26)12-14-7-4-5-11-20-14/h4-5,7,9-11H,2-3,6,8,12H2,1H3,(H,19,23)(H,21,25,26). The first-order valence-corrected chi connectivity index (χ1v) is 9.57. The van der Waals surface area contributed by atoms with Crippen LogP contribution in [-0.2, 0) is 24.1 Å². The molecule has 0 aliphatic heterocycles. The smallest absolute Gasteiger partial charge is 0.232 e. The third-order valence-electron chi connectivity index (χ3n) is 3.83. The molecule has 3 heterocycles. The second-order valence-electron chi connectivity index (χ2n) is 5.91. The Kier molecular flexibility index (Phi) is 6.75. The molecule has 8 nitrogen and oxygen atoms in total. The zero-order chi connectivity index (χ0) is 18.9. The Morgan fingerprint density at radius 3 is 2.63 bits per heavy atom. The van der Waals surface area contributed by atoms with E-state index < -0.39 is 0 Å². The van der Waals surface area contributed by atoms with E-state index in [-0.39, 0.29) is 12.3 Å². The van der Waals surface area contributed by atoms with Crippen molar-refractivity contribution < 1.29 is 4.79 Å². The van der Waals surface area contributed by atoms with Gasteiger partial charge in [-0.25, -0.2) is 0 Å². The van der Waals surface area contributed by atoms with Gasteiger partial charge in [0.2, 0.25) is 11.0 Å². The number of nitrogens with zero attached hydrogens (tertiary/aromatic N) is 5. The Balaban J connectivity index is 1.39. The van der Waals surface area contributed by atoms with Crippen LogP contribution in [0.15, 0.2) is 36.5 Å². The van der Waals surface area contributed by atoms with Gasteiger partial charge in [-0.15, -0.1) is 15.3 Å². The normalized spacial score (nSPS) is 10.6. The van der Waals surface area contributed by atoms with Crippen LogP contribution in [0, 0.1) is 0 Å². The Labute approximate surface area is 161 Å². The van der Waals surface area contributed by atoms with Crippen molar-refractivity contribution in [2.75, 3.05) is 17.7 Å². The molecule has 3 aromatic rings. The Bertz CT molecular complexity index is 852. The van der Waals surface area contributed by atoms with Crippen molar-refractivity contribution in [3.8, 4) is 0 Å². The summed E-state index contributed by atoms with van der Waals surface area (Å²) < 4.78 is 0. The van der Waals surface area contributed by atoms with E-state index in [1.54, 1.807) is 6.20 Å². The van der Waals surface area contributed by atoms with E-state index in [4.69, 9.17) is 0 Å². The fraction of sp³-hybridized carbons (Fsp3) is 0.333. The SMILES string of the molecule is CNc1ccc(CCCCc2nnc(NC(=O)Cc3ccccn3)s2)nn1. The molecule has 27 heavy (non-hydrogen) atoms. The number of hydrogen-bond acceptors (Lipinski definition) is 8. The van der Waals surface area contributed by atoms with Gasteiger partial charge in [0.25, 0.3) is 0 Å². The Morgan fingerprint density at radius 2 is 1.89 bits per heavy atom. The first kappa shape index (κ1) is 18.8. The quantitative estimate of drug-likeness (QED) is 0.547. The van der Waals surface area contributed by atoms with E-state index in [0.29, 0.717) is 5.13 Å². The maximum absolute atomic E-state index is 12.0. The van der Waals surface area contributed by atoms with Gasteiger partial charge in [-0.2, -0.15) is 5.10 Å². The highest BCUT2D eigenvalue weighted by Crippen LogP contribution is 2.18. The number of unbranched alkanes of at least 4 members (excludes halogenated alkanes) is 1. The zero-order valence-electron chi connectivity index (χ0n) is 15.1. The molecule has 140 valence electrons. The molecular formula is C18H21N7OS. The zero-order valence-corrected chi connectivity index (χ0v) is 15.9. The second-order valence-corrected chi connectivity index (χ2v) is 6.98.